The van der Waals surface area contributed by atoms with Crippen molar-refractivity contribution in [3.63, 3.8) is 0 Å². The summed E-state index contributed by atoms with van der Waals surface area (Å²) in [5.41, 5.74) is 2.87. The van der Waals surface area contributed by atoms with E-state index in [1.165, 1.54) is 10.4 Å². The lowest BCUT2D eigenvalue weighted by Gasteiger charge is -2.33. The molecule has 0 amide bonds. The second kappa shape index (κ2) is 9.25. The number of nitriles is 1. The summed E-state index contributed by atoms with van der Waals surface area (Å²) >= 11 is 5.12. The maximum Gasteiger partial charge on any atom is 0.171 e. The van der Waals surface area contributed by atoms with Gasteiger partial charge in [0, 0.05) is 21.1 Å². The molecular weight excluding hydrogens is 460 g/mol. The maximum absolute atomic E-state index is 9.79. The first-order valence-electron chi connectivity index (χ1n) is 9.81. The van der Waals surface area contributed by atoms with Crippen molar-refractivity contribution >= 4 is 38.5 Å². The summed E-state index contributed by atoms with van der Waals surface area (Å²) in [4.78, 5) is 5.98. The number of thiophene rings is 1. The number of benzene rings is 1. The fraction of sp³-hybridized carbons (Fsp3) is 0.417. The first-order valence-corrected chi connectivity index (χ1v) is 11.4. The molecule has 0 radical (unpaired) electrons. The predicted molar refractivity (Wildman–Crippen MR) is 126 cm³/mol. The van der Waals surface area contributed by atoms with E-state index in [-0.39, 0.29) is 12.0 Å². The molecule has 1 atom stereocenters. The normalized spacial score (nSPS) is 16.0. The van der Waals surface area contributed by atoms with Gasteiger partial charge in [-0.05, 0) is 48.3 Å². The molecule has 0 unspecified atom stereocenters. The molecule has 1 heterocycles. The third-order valence-electron chi connectivity index (χ3n) is 5.47. The number of rotatable bonds is 5. The van der Waals surface area contributed by atoms with Crippen LogP contribution in [-0.2, 0) is 12.8 Å². The average Bonchev–Trinajstić information content (AvgIpc) is 3.06. The molecule has 3 rings (SSSR count). The van der Waals surface area contributed by atoms with Crippen molar-refractivity contribution in [2.45, 2.75) is 40.0 Å². The van der Waals surface area contributed by atoms with Crippen LogP contribution in [0.1, 0.15) is 48.8 Å². The van der Waals surface area contributed by atoms with E-state index in [9.17, 15) is 5.26 Å². The Hall–Kier alpha value is -2.28. The van der Waals surface area contributed by atoms with Crippen molar-refractivity contribution in [1.82, 2.24) is 0 Å². The molecule has 0 spiro atoms. The van der Waals surface area contributed by atoms with Crippen LogP contribution in [0.2, 0.25) is 0 Å². The van der Waals surface area contributed by atoms with Crippen molar-refractivity contribution < 1.29 is 9.47 Å². The molecule has 0 fully saturated rings. The van der Waals surface area contributed by atoms with Crippen LogP contribution in [0.4, 0.5) is 5.00 Å². The van der Waals surface area contributed by atoms with E-state index in [4.69, 9.17) is 15.9 Å². The number of halogens is 1. The fourth-order valence-electron chi connectivity index (χ4n) is 3.75. The van der Waals surface area contributed by atoms with Crippen LogP contribution in [0.15, 0.2) is 21.6 Å². The highest BCUT2D eigenvalue weighted by molar-refractivity contribution is 9.10. The molecule has 0 N–H and O–H groups in total. The largest absolute Gasteiger partial charge is 0.493 e. The van der Waals surface area contributed by atoms with E-state index in [0.29, 0.717) is 23.0 Å². The number of hydrogen-bond acceptors (Lipinski definition) is 5. The summed E-state index contributed by atoms with van der Waals surface area (Å²) in [5, 5.41) is 10.5. The van der Waals surface area contributed by atoms with Gasteiger partial charge in [0.15, 0.2) is 11.5 Å². The van der Waals surface area contributed by atoms with Gasteiger partial charge in [0.25, 0.3) is 0 Å². The first-order chi connectivity index (χ1) is 14.3. The average molecular weight is 485 g/mol. The smallest absolute Gasteiger partial charge is 0.171 e. The zero-order valence-electron chi connectivity index (χ0n) is 17.7. The molecule has 0 aliphatic heterocycles. The summed E-state index contributed by atoms with van der Waals surface area (Å²) in [7, 11) is 1.58. The number of aliphatic imine (C=N–C) groups is 1. The van der Waals surface area contributed by atoms with Crippen molar-refractivity contribution in [2.24, 2.45) is 16.3 Å². The predicted octanol–water partition coefficient (Wildman–Crippen LogP) is 6.30. The van der Waals surface area contributed by atoms with Crippen molar-refractivity contribution in [2.75, 3.05) is 13.7 Å². The molecule has 4 nitrogen and oxygen atoms in total. The summed E-state index contributed by atoms with van der Waals surface area (Å²) in [6.45, 7) is 7.00. The Bertz CT molecular complexity index is 1050. The molecule has 6 heteroatoms. The second-order valence-corrected chi connectivity index (χ2v) is 10.4. The quantitative estimate of drug-likeness (QED) is 0.369. The lowest BCUT2D eigenvalue weighted by molar-refractivity contribution is 0.218. The van der Waals surface area contributed by atoms with Gasteiger partial charge in [0.1, 0.15) is 17.7 Å². The SMILES string of the molecule is C#CCOc1c(C=Nc2sc3c(c2C#N)CC[C@H](C(C)(C)C)C3)cc(Br)cc1OC. The Morgan fingerprint density at radius 2 is 2.17 bits per heavy atom. The Morgan fingerprint density at radius 1 is 1.40 bits per heavy atom. The summed E-state index contributed by atoms with van der Waals surface area (Å²) < 4.78 is 12.0. The van der Waals surface area contributed by atoms with E-state index in [1.807, 2.05) is 12.1 Å². The Kier molecular flexibility index (Phi) is 6.91. The molecule has 156 valence electrons. The van der Waals surface area contributed by atoms with Crippen LogP contribution in [0.5, 0.6) is 11.5 Å². The highest BCUT2D eigenvalue weighted by atomic mass is 79.9. The molecule has 1 aromatic carbocycles. The van der Waals surface area contributed by atoms with Gasteiger partial charge in [0.05, 0.1) is 12.7 Å². The van der Waals surface area contributed by atoms with Crippen LogP contribution < -0.4 is 9.47 Å². The standard InChI is InChI=1S/C24H25BrN2O2S/c1-6-9-29-22-15(10-17(25)12-20(22)28-5)14-27-23-19(13-26)18-8-7-16(24(2,3)4)11-21(18)30-23/h1,10,12,14,16H,7-9,11H2,2-5H3/t16-/m0/s1. The third-order valence-corrected chi connectivity index (χ3v) is 7.09. The van der Waals surface area contributed by atoms with Crippen molar-refractivity contribution in [3.05, 3.63) is 38.2 Å². The number of methoxy groups -OCH3 is 1. The zero-order chi connectivity index (χ0) is 21.9. The monoisotopic (exact) mass is 484 g/mol. The van der Waals surface area contributed by atoms with Gasteiger partial charge < -0.3 is 9.47 Å². The van der Waals surface area contributed by atoms with Crippen LogP contribution >= 0.6 is 27.3 Å². The third kappa shape index (κ3) is 4.72. The minimum atomic E-state index is 0.129. The van der Waals surface area contributed by atoms with Crippen LogP contribution in [-0.4, -0.2) is 19.9 Å². The van der Waals surface area contributed by atoms with Crippen LogP contribution in [0.3, 0.4) is 0 Å². The number of hydrogen-bond donors (Lipinski definition) is 0. The topological polar surface area (TPSA) is 54.6 Å². The van der Waals surface area contributed by atoms with E-state index in [1.54, 1.807) is 24.7 Å². The molecule has 0 saturated carbocycles. The van der Waals surface area contributed by atoms with Gasteiger partial charge in [-0.25, -0.2) is 4.99 Å². The van der Waals surface area contributed by atoms with Gasteiger partial charge >= 0.3 is 0 Å². The number of terminal acetylenes is 1. The van der Waals surface area contributed by atoms with Gasteiger partial charge in [0.2, 0.25) is 0 Å². The highest BCUT2D eigenvalue weighted by Gasteiger charge is 2.32. The van der Waals surface area contributed by atoms with E-state index in [2.05, 4.69) is 53.7 Å². The molecule has 1 aliphatic rings. The number of fused-ring (bicyclic) bond motifs is 1. The Labute approximate surface area is 191 Å². The summed E-state index contributed by atoms with van der Waals surface area (Å²) in [6.07, 6.45) is 10.1. The minimum absolute atomic E-state index is 0.129. The number of nitrogens with zero attached hydrogens (tertiary/aromatic N) is 2. The molecule has 0 saturated heterocycles. The zero-order valence-corrected chi connectivity index (χ0v) is 20.1. The van der Waals surface area contributed by atoms with E-state index in [0.717, 1.165) is 34.3 Å². The molecular formula is C24H25BrN2O2S. The van der Waals surface area contributed by atoms with Crippen molar-refractivity contribution in [1.29, 1.82) is 5.26 Å². The van der Waals surface area contributed by atoms with Gasteiger partial charge in [-0.1, -0.05) is 42.6 Å². The highest BCUT2D eigenvalue weighted by Crippen LogP contribution is 2.45. The van der Waals surface area contributed by atoms with Crippen LogP contribution in [0.25, 0.3) is 0 Å². The fourth-order valence-corrected chi connectivity index (χ4v) is 5.43. The summed E-state index contributed by atoms with van der Waals surface area (Å²) in [5.74, 6) is 4.20. The van der Waals surface area contributed by atoms with Gasteiger partial charge in [-0.3, -0.25) is 0 Å². The van der Waals surface area contributed by atoms with Crippen molar-refractivity contribution in [3.8, 4) is 29.9 Å². The molecule has 1 aliphatic carbocycles. The first kappa shape index (κ1) is 22.4. The van der Waals surface area contributed by atoms with E-state index < -0.39 is 0 Å². The van der Waals surface area contributed by atoms with Gasteiger partial charge in [-0.2, -0.15) is 5.26 Å². The molecule has 2 aromatic rings. The molecule has 30 heavy (non-hydrogen) atoms. The lowest BCUT2D eigenvalue weighted by atomic mass is 9.72. The second-order valence-electron chi connectivity index (χ2n) is 8.38. The Morgan fingerprint density at radius 3 is 2.80 bits per heavy atom. The minimum Gasteiger partial charge on any atom is -0.493 e. The molecule has 1 aromatic heterocycles. The number of ether oxygens (including phenoxy) is 2. The molecule has 0 bridgehead atoms. The lowest BCUT2D eigenvalue weighted by Crippen LogP contribution is -2.26. The van der Waals surface area contributed by atoms with E-state index >= 15 is 0 Å². The van der Waals surface area contributed by atoms with Crippen LogP contribution in [0, 0.1) is 35.0 Å². The Balaban J connectivity index is 1.98. The summed E-state index contributed by atoms with van der Waals surface area (Å²) in [6, 6.07) is 6.10. The maximum atomic E-state index is 9.79. The van der Waals surface area contributed by atoms with Gasteiger partial charge in [-0.15, -0.1) is 17.8 Å².